The van der Waals surface area contributed by atoms with Crippen molar-refractivity contribution in [2.75, 3.05) is 0 Å². The van der Waals surface area contributed by atoms with Crippen LogP contribution in [0.3, 0.4) is 0 Å². The molecule has 2 atom stereocenters. The average molecular weight is 200 g/mol. The number of carbonyl (C=O) groups is 1. The second-order valence-corrected chi connectivity index (χ2v) is 4.25. The molecule has 0 aromatic heterocycles. The SMILES string of the molecule is O=C(O)CCC1CCCCCCC1O. The monoisotopic (exact) mass is 200 g/mol. The van der Waals surface area contributed by atoms with Crippen molar-refractivity contribution < 1.29 is 15.0 Å². The lowest BCUT2D eigenvalue weighted by Gasteiger charge is -2.24. The van der Waals surface area contributed by atoms with E-state index in [-0.39, 0.29) is 18.4 Å². The average Bonchev–Trinajstić information content (AvgIpc) is 2.10. The molecule has 3 heteroatoms. The van der Waals surface area contributed by atoms with E-state index in [2.05, 4.69) is 0 Å². The largest absolute Gasteiger partial charge is 0.481 e. The molecule has 0 bridgehead atoms. The lowest BCUT2D eigenvalue weighted by Crippen LogP contribution is -2.22. The fraction of sp³-hybridized carbons (Fsp3) is 0.909. The highest BCUT2D eigenvalue weighted by atomic mass is 16.4. The molecule has 0 radical (unpaired) electrons. The van der Waals surface area contributed by atoms with Crippen LogP contribution in [0, 0.1) is 5.92 Å². The molecule has 3 nitrogen and oxygen atoms in total. The first-order chi connectivity index (χ1) is 6.70. The molecule has 1 aliphatic carbocycles. The van der Waals surface area contributed by atoms with Crippen LogP contribution in [0.25, 0.3) is 0 Å². The summed E-state index contributed by atoms with van der Waals surface area (Å²) in [4.78, 5) is 10.4. The highest BCUT2D eigenvalue weighted by Gasteiger charge is 2.20. The van der Waals surface area contributed by atoms with Gasteiger partial charge < -0.3 is 10.2 Å². The molecule has 0 heterocycles. The predicted octanol–water partition coefficient (Wildman–Crippen LogP) is 2.18. The number of hydrogen-bond donors (Lipinski definition) is 2. The number of hydrogen-bond acceptors (Lipinski definition) is 2. The van der Waals surface area contributed by atoms with Crippen molar-refractivity contribution in [3.8, 4) is 0 Å². The van der Waals surface area contributed by atoms with Crippen LogP contribution in [0.4, 0.5) is 0 Å². The summed E-state index contributed by atoms with van der Waals surface area (Å²) in [7, 11) is 0. The molecule has 1 saturated carbocycles. The second kappa shape index (κ2) is 6.02. The van der Waals surface area contributed by atoms with Crippen LogP contribution in [-0.2, 0) is 4.79 Å². The smallest absolute Gasteiger partial charge is 0.303 e. The van der Waals surface area contributed by atoms with E-state index in [4.69, 9.17) is 5.11 Å². The minimum absolute atomic E-state index is 0.196. The molecule has 1 aliphatic rings. The van der Waals surface area contributed by atoms with E-state index in [0.717, 1.165) is 25.7 Å². The summed E-state index contributed by atoms with van der Waals surface area (Å²) in [5, 5.41) is 18.4. The van der Waals surface area contributed by atoms with Crippen molar-refractivity contribution in [1.82, 2.24) is 0 Å². The van der Waals surface area contributed by atoms with Gasteiger partial charge in [-0.15, -0.1) is 0 Å². The minimum atomic E-state index is -0.751. The zero-order valence-corrected chi connectivity index (χ0v) is 8.61. The first-order valence-corrected chi connectivity index (χ1v) is 5.60. The number of carboxylic acids is 1. The van der Waals surface area contributed by atoms with Crippen molar-refractivity contribution in [1.29, 1.82) is 0 Å². The summed E-state index contributed by atoms with van der Waals surface area (Å²) in [6, 6.07) is 0. The maximum atomic E-state index is 10.4. The van der Waals surface area contributed by atoms with Crippen molar-refractivity contribution >= 4 is 5.97 Å². The highest BCUT2D eigenvalue weighted by Crippen LogP contribution is 2.26. The summed E-state index contributed by atoms with van der Waals surface area (Å²) in [5.74, 6) is -0.536. The third-order valence-electron chi connectivity index (χ3n) is 3.10. The topological polar surface area (TPSA) is 57.5 Å². The number of aliphatic carboxylic acids is 1. The molecule has 2 unspecified atom stereocenters. The van der Waals surface area contributed by atoms with E-state index >= 15 is 0 Å². The van der Waals surface area contributed by atoms with Crippen molar-refractivity contribution in [2.24, 2.45) is 5.92 Å². The van der Waals surface area contributed by atoms with E-state index < -0.39 is 5.97 Å². The lowest BCUT2D eigenvalue weighted by molar-refractivity contribution is -0.137. The van der Waals surface area contributed by atoms with Crippen LogP contribution < -0.4 is 0 Å². The molecule has 0 saturated heterocycles. The van der Waals surface area contributed by atoms with Crippen molar-refractivity contribution in [2.45, 2.75) is 57.5 Å². The Labute approximate surface area is 85.1 Å². The molecule has 1 fully saturated rings. The maximum Gasteiger partial charge on any atom is 0.303 e. The first kappa shape index (κ1) is 11.5. The molecule has 14 heavy (non-hydrogen) atoms. The van der Waals surface area contributed by atoms with E-state index in [1.54, 1.807) is 0 Å². The molecule has 1 rings (SSSR count). The van der Waals surface area contributed by atoms with Crippen LogP contribution in [0.1, 0.15) is 51.4 Å². The van der Waals surface area contributed by atoms with Gasteiger partial charge in [-0.25, -0.2) is 0 Å². The maximum absolute atomic E-state index is 10.4. The van der Waals surface area contributed by atoms with Crippen molar-refractivity contribution in [3.05, 3.63) is 0 Å². The van der Waals surface area contributed by atoms with Gasteiger partial charge in [0.15, 0.2) is 0 Å². The Morgan fingerprint density at radius 1 is 1.14 bits per heavy atom. The van der Waals surface area contributed by atoms with Gasteiger partial charge in [-0.2, -0.15) is 0 Å². The van der Waals surface area contributed by atoms with Gasteiger partial charge in [0.25, 0.3) is 0 Å². The van der Waals surface area contributed by atoms with Crippen LogP contribution in [0.5, 0.6) is 0 Å². The molecular formula is C11H20O3. The number of aliphatic hydroxyl groups is 1. The molecule has 0 amide bonds. The number of aliphatic hydroxyl groups excluding tert-OH is 1. The van der Waals surface area contributed by atoms with Crippen LogP contribution in [0.15, 0.2) is 0 Å². The van der Waals surface area contributed by atoms with Gasteiger partial charge >= 0.3 is 5.97 Å². The highest BCUT2D eigenvalue weighted by molar-refractivity contribution is 5.66. The Balaban J connectivity index is 2.33. The van der Waals surface area contributed by atoms with Gasteiger partial charge in [-0.1, -0.05) is 25.7 Å². The van der Waals surface area contributed by atoms with Crippen molar-refractivity contribution in [3.63, 3.8) is 0 Å². The lowest BCUT2D eigenvalue weighted by atomic mass is 9.86. The molecule has 2 N–H and O–H groups in total. The second-order valence-electron chi connectivity index (χ2n) is 4.25. The van der Waals surface area contributed by atoms with Gasteiger partial charge in [-0.3, -0.25) is 4.79 Å². The fourth-order valence-corrected chi connectivity index (χ4v) is 2.19. The summed E-state index contributed by atoms with van der Waals surface area (Å²) in [6.45, 7) is 0. The minimum Gasteiger partial charge on any atom is -0.481 e. The quantitative estimate of drug-likeness (QED) is 0.734. The number of carboxylic acid groups (broad SMARTS) is 1. The Kier molecular flexibility index (Phi) is 4.94. The summed E-state index contributed by atoms with van der Waals surface area (Å²) >= 11 is 0. The normalized spacial score (nSPS) is 29.2. The van der Waals surface area contributed by atoms with Gasteiger partial charge in [0, 0.05) is 6.42 Å². The Bertz CT molecular complexity index is 179. The molecule has 0 aromatic rings. The predicted molar refractivity (Wildman–Crippen MR) is 54.1 cm³/mol. The summed E-state index contributed by atoms with van der Waals surface area (Å²) < 4.78 is 0. The van der Waals surface area contributed by atoms with Gasteiger partial charge in [0.2, 0.25) is 0 Å². The first-order valence-electron chi connectivity index (χ1n) is 5.60. The standard InChI is InChI=1S/C11H20O3/c12-10-6-4-2-1-3-5-9(10)7-8-11(13)14/h9-10,12H,1-8H2,(H,13,14). The fourth-order valence-electron chi connectivity index (χ4n) is 2.19. The molecule has 0 spiro atoms. The van der Waals surface area contributed by atoms with E-state index in [0.29, 0.717) is 6.42 Å². The third-order valence-corrected chi connectivity index (χ3v) is 3.10. The number of rotatable bonds is 3. The molecular weight excluding hydrogens is 180 g/mol. The molecule has 0 aromatic carbocycles. The molecule has 0 aliphatic heterocycles. The third kappa shape index (κ3) is 4.09. The van der Waals surface area contributed by atoms with Gasteiger partial charge in [0.05, 0.1) is 6.10 Å². The van der Waals surface area contributed by atoms with Gasteiger partial charge in [-0.05, 0) is 25.2 Å². The van der Waals surface area contributed by atoms with E-state index in [1.807, 2.05) is 0 Å². The Morgan fingerprint density at radius 3 is 2.43 bits per heavy atom. The Hall–Kier alpha value is -0.570. The van der Waals surface area contributed by atoms with Gasteiger partial charge in [0.1, 0.15) is 0 Å². The van der Waals surface area contributed by atoms with Crippen LogP contribution >= 0.6 is 0 Å². The summed E-state index contributed by atoms with van der Waals surface area (Å²) in [6.07, 6.45) is 7.08. The Morgan fingerprint density at radius 2 is 1.79 bits per heavy atom. The summed E-state index contributed by atoms with van der Waals surface area (Å²) in [5.41, 5.74) is 0. The van der Waals surface area contributed by atoms with E-state index in [9.17, 15) is 9.90 Å². The van der Waals surface area contributed by atoms with Crippen LogP contribution in [-0.4, -0.2) is 22.3 Å². The van der Waals surface area contributed by atoms with E-state index in [1.165, 1.54) is 12.8 Å². The zero-order valence-electron chi connectivity index (χ0n) is 8.61. The molecule has 82 valence electrons. The zero-order chi connectivity index (χ0) is 10.4. The van der Waals surface area contributed by atoms with Crippen LogP contribution in [0.2, 0.25) is 0 Å².